The number of ether oxygens (including phenoxy) is 3. The van der Waals surface area contributed by atoms with Gasteiger partial charge in [0.2, 0.25) is 0 Å². The Labute approximate surface area is 251 Å². The van der Waals surface area contributed by atoms with Crippen molar-refractivity contribution in [2.75, 3.05) is 69.8 Å². The van der Waals surface area contributed by atoms with E-state index in [4.69, 9.17) is 9.47 Å². The third kappa shape index (κ3) is 7.30. The fraction of sp³-hybridized carbons (Fsp3) is 0.536. The van der Waals surface area contributed by atoms with Gasteiger partial charge in [0.05, 0.1) is 31.5 Å². The molecule has 0 radical (unpaired) electrons. The van der Waals surface area contributed by atoms with E-state index in [-0.39, 0.29) is 23.3 Å². The van der Waals surface area contributed by atoms with Crippen LogP contribution in [0.2, 0.25) is 0 Å². The molecule has 3 aromatic rings. The van der Waals surface area contributed by atoms with Crippen LogP contribution in [0.3, 0.4) is 0 Å². The van der Waals surface area contributed by atoms with Crippen molar-refractivity contribution >= 4 is 29.3 Å². The van der Waals surface area contributed by atoms with Crippen LogP contribution in [-0.2, 0) is 26.9 Å². The Morgan fingerprint density at radius 1 is 1.05 bits per heavy atom. The average Bonchev–Trinajstić information content (AvgIpc) is 3.38. The third-order valence-corrected chi connectivity index (χ3v) is 7.11. The minimum Gasteiger partial charge on any atom is -0.453 e. The van der Waals surface area contributed by atoms with Gasteiger partial charge >= 0.3 is 18.4 Å². The number of alkyl halides is 3. The van der Waals surface area contributed by atoms with Crippen molar-refractivity contribution in [1.82, 2.24) is 29.4 Å². The van der Waals surface area contributed by atoms with Gasteiger partial charge in [-0.05, 0) is 38.5 Å². The van der Waals surface area contributed by atoms with Crippen molar-refractivity contribution in [2.45, 2.75) is 39.1 Å². The molecule has 0 saturated carbocycles. The molecule has 1 N–H and O–H groups in total. The molecule has 2 amide bonds. The Hall–Kier alpha value is -4.18. The maximum Gasteiger partial charge on any atom is 0.417 e. The number of rotatable bonds is 5. The molecule has 3 aromatic heterocycles. The van der Waals surface area contributed by atoms with Gasteiger partial charge in [-0.15, -0.1) is 5.10 Å². The summed E-state index contributed by atoms with van der Waals surface area (Å²) in [6.45, 7) is 10.2. The lowest BCUT2D eigenvalue weighted by molar-refractivity contribution is -0.137. The summed E-state index contributed by atoms with van der Waals surface area (Å²) in [4.78, 5) is 38.5. The molecule has 238 valence electrons. The van der Waals surface area contributed by atoms with Crippen molar-refractivity contribution in [3.8, 4) is 11.4 Å². The predicted molar refractivity (Wildman–Crippen MR) is 153 cm³/mol. The number of carbonyl (C=O) groups is 2. The topological polar surface area (TPSA) is 127 Å². The van der Waals surface area contributed by atoms with Crippen LogP contribution in [0.5, 0.6) is 0 Å². The molecule has 0 atom stereocenters. The summed E-state index contributed by atoms with van der Waals surface area (Å²) in [6, 6.07) is 2.66. The quantitative estimate of drug-likeness (QED) is 0.449. The molecular weight excluding hydrogens is 585 g/mol. The van der Waals surface area contributed by atoms with E-state index in [0.29, 0.717) is 70.4 Å². The minimum atomic E-state index is -4.79. The van der Waals surface area contributed by atoms with E-state index < -0.39 is 23.4 Å². The van der Waals surface area contributed by atoms with Crippen molar-refractivity contribution < 1.29 is 37.0 Å². The normalized spacial score (nSPS) is 16.7. The van der Waals surface area contributed by atoms with Crippen molar-refractivity contribution in [1.29, 1.82) is 0 Å². The lowest BCUT2D eigenvalue weighted by Gasteiger charge is -2.35. The Bertz CT molecular complexity index is 1510. The zero-order valence-electron chi connectivity index (χ0n) is 25.0. The molecule has 2 fully saturated rings. The standard InChI is InChI=1S/C28H35F3N8O5/c1-27(2,3)44-26(41)38-7-5-36(6-8-38)16-18-13-21-24(37-9-11-43-12-10-37)34-23(35-39(21)17-18)19-15-32-22(33-25(40)42-4)14-20(19)28(29,30)31/h13-15,17H,5-12,16H2,1-4H3,(H,32,33,40). The fourth-order valence-corrected chi connectivity index (χ4v) is 5.01. The number of piperazine rings is 1. The second kappa shape index (κ2) is 12.4. The number of aromatic nitrogens is 4. The van der Waals surface area contributed by atoms with Crippen LogP contribution in [0.1, 0.15) is 31.9 Å². The van der Waals surface area contributed by atoms with Gasteiger partial charge in [-0.3, -0.25) is 10.2 Å². The van der Waals surface area contributed by atoms with Crippen molar-refractivity contribution in [2.24, 2.45) is 0 Å². The summed E-state index contributed by atoms with van der Waals surface area (Å²) >= 11 is 0. The summed E-state index contributed by atoms with van der Waals surface area (Å²) < 4.78 is 59.7. The summed E-state index contributed by atoms with van der Waals surface area (Å²) in [7, 11) is 1.10. The summed E-state index contributed by atoms with van der Waals surface area (Å²) in [5, 5.41) is 6.64. The molecule has 2 aliphatic rings. The number of pyridine rings is 1. The highest BCUT2D eigenvalue weighted by atomic mass is 19.4. The van der Waals surface area contributed by atoms with E-state index in [9.17, 15) is 22.8 Å². The van der Waals surface area contributed by atoms with Gasteiger partial charge in [0.25, 0.3) is 0 Å². The average molecular weight is 621 g/mol. The molecule has 0 unspecified atom stereocenters. The number of carbonyl (C=O) groups excluding carboxylic acids is 2. The van der Waals surface area contributed by atoms with Gasteiger partial charge in [0.15, 0.2) is 11.6 Å². The number of hydrogen-bond acceptors (Lipinski definition) is 10. The lowest BCUT2D eigenvalue weighted by atomic mass is 10.1. The van der Waals surface area contributed by atoms with Crippen LogP contribution in [0, 0.1) is 0 Å². The largest absolute Gasteiger partial charge is 0.453 e. The highest BCUT2D eigenvalue weighted by Gasteiger charge is 2.36. The van der Waals surface area contributed by atoms with E-state index in [1.54, 1.807) is 15.6 Å². The summed E-state index contributed by atoms with van der Waals surface area (Å²) in [6.07, 6.45) is -3.31. The molecule has 0 aliphatic carbocycles. The number of methoxy groups -OCH3 is 1. The number of fused-ring (bicyclic) bond motifs is 1. The fourth-order valence-electron chi connectivity index (χ4n) is 5.01. The Morgan fingerprint density at radius 2 is 1.75 bits per heavy atom. The Morgan fingerprint density at radius 3 is 2.39 bits per heavy atom. The maximum absolute atomic E-state index is 14.2. The monoisotopic (exact) mass is 620 g/mol. The minimum absolute atomic E-state index is 0.170. The number of amides is 2. The first-order chi connectivity index (χ1) is 20.8. The van der Waals surface area contributed by atoms with Gasteiger partial charge in [0.1, 0.15) is 16.9 Å². The first kappa shape index (κ1) is 31.3. The zero-order valence-corrected chi connectivity index (χ0v) is 25.0. The van der Waals surface area contributed by atoms with Crippen LogP contribution in [0.25, 0.3) is 16.9 Å². The maximum atomic E-state index is 14.2. The molecule has 44 heavy (non-hydrogen) atoms. The van der Waals surface area contributed by atoms with E-state index in [0.717, 1.165) is 24.9 Å². The molecule has 5 rings (SSSR count). The lowest BCUT2D eigenvalue weighted by Crippen LogP contribution is -2.49. The molecule has 16 heteroatoms. The van der Waals surface area contributed by atoms with Gasteiger partial charge in [-0.1, -0.05) is 0 Å². The third-order valence-electron chi connectivity index (χ3n) is 7.11. The predicted octanol–water partition coefficient (Wildman–Crippen LogP) is 3.88. The van der Waals surface area contributed by atoms with Gasteiger partial charge in [0, 0.05) is 58.2 Å². The van der Waals surface area contributed by atoms with E-state index >= 15 is 0 Å². The first-order valence-electron chi connectivity index (χ1n) is 14.2. The molecule has 13 nitrogen and oxygen atoms in total. The second-order valence-corrected chi connectivity index (χ2v) is 11.5. The SMILES string of the molecule is COC(=O)Nc1cc(C(F)(F)F)c(-c2nc(N3CCOCC3)c3cc(CN4CCN(C(=O)OC(C)(C)C)CC4)cn3n2)cn1. The van der Waals surface area contributed by atoms with E-state index in [1.807, 2.05) is 31.7 Å². The molecule has 0 bridgehead atoms. The number of morpholine rings is 1. The Balaban J connectivity index is 1.45. The van der Waals surface area contributed by atoms with Gasteiger partial charge in [-0.2, -0.15) is 13.2 Å². The number of nitrogens with one attached hydrogen (secondary N) is 1. The van der Waals surface area contributed by atoms with Crippen LogP contribution in [0.15, 0.2) is 24.5 Å². The molecular formula is C28H35F3N8O5. The molecule has 2 aliphatic heterocycles. The van der Waals surface area contributed by atoms with E-state index in [2.05, 4.69) is 30.0 Å². The molecule has 0 aromatic carbocycles. The highest BCUT2D eigenvalue weighted by Crippen LogP contribution is 2.38. The summed E-state index contributed by atoms with van der Waals surface area (Å²) in [5.41, 5.74) is -0.427. The first-order valence-corrected chi connectivity index (χ1v) is 14.2. The second-order valence-electron chi connectivity index (χ2n) is 11.5. The van der Waals surface area contributed by atoms with Gasteiger partial charge < -0.3 is 24.0 Å². The molecule has 0 spiro atoms. The number of anilines is 2. The van der Waals surface area contributed by atoms with Gasteiger partial charge in [-0.25, -0.2) is 24.1 Å². The van der Waals surface area contributed by atoms with Crippen LogP contribution < -0.4 is 10.2 Å². The van der Waals surface area contributed by atoms with E-state index in [1.165, 1.54) is 0 Å². The number of hydrogen-bond donors (Lipinski definition) is 1. The van der Waals surface area contributed by atoms with Crippen LogP contribution in [0.4, 0.5) is 34.4 Å². The van der Waals surface area contributed by atoms with Crippen molar-refractivity contribution in [3.63, 3.8) is 0 Å². The zero-order chi connectivity index (χ0) is 31.6. The van der Waals surface area contributed by atoms with Crippen molar-refractivity contribution in [3.05, 3.63) is 35.7 Å². The Kier molecular flexibility index (Phi) is 8.83. The number of nitrogens with zero attached hydrogens (tertiary/aromatic N) is 7. The van der Waals surface area contributed by atoms with Crippen LogP contribution in [-0.4, -0.2) is 107 Å². The van der Waals surface area contributed by atoms with Crippen LogP contribution >= 0.6 is 0 Å². The molecule has 2 saturated heterocycles. The highest BCUT2D eigenvalue weighted by molar-refractivity contribution is 5.84. The smallest absolute Gasteiger partial charge is 0.417 e. The number of halogens is 3. The summed E-state index contributed by atoms with van der Waals surface area (Å²) in [5.74, 6) is -0.0156. The molecule has 5 heterocycles.